The van der Waals surface area contributed by atoms with E-state index in [1.807, 2.05) is 18.2 Å². The number of nitrogens with zero attached hydrogens (tertiary/aromatic N) is 1. The van der Waals surface area contributed by atoms with Crippen LogP contribution in [0.4, 0.5) is 0 Å². The lowest BCUT2D eigenvalue weighted by Crippen LogP contribution is -2.58. The smallest absolute Gasteiger partial charge is 0.252 e. The number of carbonyl (C=O) groups is 2. The Morgan fingerprint density at radius 1 is 1.30 bits per heavy atom. The van der Waals surface area contributed by atoms with Crippen LogP contribution in [0, 0.1) is 17.8 Å². The number of ketones is 1. The number of ether oxygens (including phenoxy) is 1. The van der Waals surface area contributed by atoms with E-state index in [0.717, 1.165) is 5.56 Å². The molecule has 1 heterocycles. The molecule has 1 aromatic rings. The summed E-state index contributed by atoms with van der Waals surface area (Å²) in [5, 5.41) is 22.0. The maximum Gasteiger partial charge on any atom is 0.252 e. The maximum atomic E-state index is 13.8. The molecule has 0 bridgehead atoms. The van der Waals surface area contributed by atoms with Gasteiger partial charge in [0.25, 0.3) is 5.91 Å². The summed E-state index contributed by atoms with van der Waals surface area (Å²) >= 11 is 0. The zero-order chi connectivity index (χ0) is 21.5. The van der Waals surface area contributed by atoms with Gasteiger partial charge in [-0.3, -0.25) is 14.5 Å². The Kier molecular flexibility index (Phi) is 3.78. The van der Waals surface area contributed by atoms with Crippen molar-refractivity contribution in [3.63, 3.8) is 0 Å². The van der Waals surface area contributed by atoms with Crippen LogP contribution in [-0.4, -0.2) is 52.5 Å². The molecule has 30 heavy (non-hydrogen) atoms. The molecular weight excluding hydrogens is 384 g/mol. The van der Waals surface area contributed by atoms with Gasteiger partial charge in [0, 0.05) is 11.1 Å². The van der Waals surface area contributed by atoms with Crippen LogP contribution in [0.25, 0.3) is 5.76 Å². The number of amides is 1. The van der Waals surface area contributed by atoms with Crippen molar-refractivity contribution in [1.82, 2.24) is 4.90 Å². The van der Waals surface area contributed by atoms with Crippen LogP contribution < -0.4 is 5.73 Å². The highest BCUT2D eigenvalue weighted by Gasteiger charge is 2.72. The quantitative estimate of drug-likeness (QED) is 0.643. The van der Waals surface area contributed by atoms with Crippen molar-refractivity contribution in [3.05, 3.63) is 64.6 Å². The van der Waals surface area contributed by atoms with Crippen LogP contribution in [0.1, 0.15) is 17.5 Å². The molecular formula is C23H24N2O5. The Hall–Kier alpha value is -3.06. The number of aliphatic hydroxyl groups is 2. The number of allylic oxidation sites excluding steroid dienone is 1. The van der Waals surface area contributed by atoms with Gasteiger partial charge in [-0.1, -0.05) is 30.8 Å². The largest absolute Gasteiger partial charge is 0.510 e. The predicted octanol–water partition coefficient (Wildman–Crippen LogP) is 1.86. The van der Waals surface area contributed by atoms with Crippen LogP contribution in [0.5, 0.6) is 0 Å². The van der Waals surface area contributed by atoms with Gasteiger partial charge in [0.2, 0.25) is 5.60 Å². The fourth-order valence-electron chi connectivity index (χ4n) is 6.01. The molecule has 7 heteroatoms. The Bertz CT molecular complexity index is 1080. The van der Waals surface area contributed by atoms with Crippen molar-refractivity contribution >= 4 is 17.4 Å². The number of epoxide rings is 1. The van der Waals surface area contributed by atoms with E-state index in [2.05, 4.69) is 6.58 Å². The standard InChI is InChI=1S/C23H24N2O5/c1-10-23(30-10)16-14(18(25(2)3)21(28)17(23)22(24)29)9-12-8-11-6-4-5-7-13(11)19(26)15(12)20(16)27/h4-7,12,14,16,18,26,28H,1,8-9H2,2-3H3,(H2,24,29)/t12-,14+,16?,18-,23?/m0/s1. The number of Topliss-reactive ketones (excluding diaryl/α,β-unsaturated/α-hetero) is 1. The third-order valence-corrected chi connectivity index (χ3v) is 7.15. The molecule has 1 saturated carbocycles. The van der Waals surface area contributed by atoms with E-state index in [4.69, 9.17) is 10.5 Å². The molecule has 1 aliphatic heterocycles. The van der Waals surface area contributed by atoms with Gasteiger partial charge >= 0.3 is 0 Å². The highest BCUT2D eigenvalue weighted by atomic mass is 16.6. The molecule has 5 rings (SSSR count). The van der Waals surface area contributed by atoms with Gasteiger partial charge < -0.3 is 20.7 Å². The van der Waals surface area contributed by atoms with Crippen LogP contribution in [-0.2, 0) is 20.7 Å². The number of fused-ring (bicyclic) bond motifs is 4. The summed E-state index contributed by atoms with van der Waals surface area (Å²) < 4.78 is 5.69. The fourth-order valence-corrected chi connectivity index (χ4v) is 6.01. The van der Waals surface area contributed by atoms with Gasteiger partial charge in [0.15, 0.2) is 5.78 Å². The molecule has 1 amide bonds. The van der Waals surface area contributed by atoms with Gasteiger partial charge in [0.05, 0.1) is 12.0 Å². The molecule has 3 aliphatic carbocycles. The van der Waals surface area contributed by atoms with Gasteiger partial charge in [-0.15, -0.1) is 0 Å². The van der Waals surface area contributed by atoms with Gasteiger partial charge in [0.1, 0.15) is 22.9 Å². The number of rotatable bonds is 2. The molecule has 156 valence electrons. The van der Waals surface area contributed by atoms with E-state index in [9.17, 15) is 19.8 Å². The number of nitrogens with two attached hydrogens (primary N) is 1. The van der Waals surface area contributed by atoms with Crippen molar-refractivity contribution in [1.29, 1.82) is 0 Å². The molecule has 7 nitrogen and oxygen atoms in total. The zero-order valence-corrected chi connectivity index (χ0v) is 16.9. The lowest BCUT2D eigenvalue weighted by molar-refractivity contribution is -0.129. The van der Waals surface area contributed by atoms with Crippen molar-refractivity contribution in [2.45, 2.75) is 24.5 Å². The number of carbonyl (C=O) groups excluding carboxylic acids is 2. The molecule has 1 spiro atoms. The maximum absolute atomic E-state index is 13.8. The molecule has 4 N–H and O–H groups in total. The second kappa shape index (κ2) is 5.98. The normalized spacial score (nSPS) is 34.5. The topological polar surface area (TPSA) is 116 Å². The van der Waals surface area contributed by atoms with E-state index in [1.54, 1.807) is 25.1 Å². The first-order chi connectivity index (χ1) is 14.2. The van der Waals surface area contributed by atoms with Crippen molar-refractivity contribution in [2.75, 3.05) is 14.1 Å². The third-order valence-electron chi connectivity index (χ3n) is 7.15. The summed E-state index contributed by atoms with van der Waals surface area (Å²) in [5.41, 5.74) is 6.13. The van der Waals surface area contributed by atoms with Crippen LogP contribution >= 0.6 is 0 Å². The Morgan fingerprint density at radius 3 is 2.57 bits per heavy atom. The van der Waals surface area contributed by atoms with Gasteiger partial charge in [-0.05, 0) is 44.3 Å². The lowest BCUT2D eigenvalue weighted by atomic mass is 9.56. The second-order valence-electron chi connectivity index (χ2n) is 8.86. The van der Waals surface area contributed by atoms with Crippen LogP contribution in [0.15, 0.2) is 53.5 Å². The summed E-state index contributed by atoms with van der Waals surface area (Å²) in [6.45, 7) is 3.85. The van der Waals surface area contributed by atoms with Gasteiger partial charge in [-0.2, -0.15) is 0 Å². The number of aliphatic hydroxyl groups excluding tert-OH is 2. The summed E-state index contributed by atoms with van der Waals surface area (Å²) in [5.74, 6) is -2.29. The minimum atomic E-state index is -1.42. The number of hydrogen-bond acceptors (Lipinski definition) is 6. The Labute approximate surface area is 174 Å². The molecule has 5 atom stereocenters. The van der Waals surface area contributed by atoms with Crippen molar-refractivity contribution in [2.24, 2.45) is 23.5 Å². The Balaban J connectivity index is 1.72. The molecule has 1 saturated heterocycles. The lowest BCUT2D eigenvalue weighted by Gasteiger charge is -2.48. The summed E-state index contributed by atoms with van der Waals surface area (Å²) in [4.78, 5) is 28.0. The second-order valence-corrected chi connectivity index (χ2v) is 8.86. The highest BCUT2D eigenvalue weighted by molar-refractivity contribution is 6.09. The predicted molar refractivity (Wildman–Crippen MR) is 109 cm³/mol. The van der Waals surface area contributed by atoms with E-state index in [1.165, 1.54) is 0 Å². The monoisotopic (exact) mass is 408 g/mol. The number of benzene rings is 1. The summed E-state index contributed by atoms with van der Waals surface area (Å²) in [6, 6.07) is 6.94. The molecule has 2 unspecified atom stereocenters. The molecule has 0 aromatic heterocycles. The van der Waals surface area contributed by atoms with Crippen molar-refractivity contribution < 1.29 is 24.5 Å². The van der Waals surface area contributed by atoms with E-state index < -0.39 is 23.5 Å². The first kappa shape index (κ1) is 18.9. The molecule has 0 radical (unpaired) electrons. The average Bonchev–Trinajstić information content (AvgIpc) is 3.30. The van der Waals surface area contributed by atoms with Crippen molar-refractivity contribution in [3.8, 4) is 0 Å². The van der Waals surface area contributed by atoms with Crippen LogP contribution in [0.3, 0.4) is 0 Å². The number of primary amides is 1. The average molecular weight is 408 g/mol. The van der Waals surface area contributed by atoms with E-state index >= 15 is 0 Å². The number of likely N-dealkylation sites (N-methyl/N-ethyl adjacent to an activating group) is 1. The fraction of sp³-hybridized carbons (Fsp3) is 0.391. The zero-order valence-electron chi connectivity index (χ0n) is 16.9. The molecule has 1 aromatic carbocycles. The Morgan fingerprint density at radius 2 is 1.97 bits per heavy atom. The first-order valence-electron chi connectivity index (χ1n) is 10.0. The first-order valence-corrected chi connectivity index (χ1v) is 10.0. The van der Waals surface area contributed by atoms with Gasteiger partial charge in [-0.25, -0.2) is 0 Å². The summed E-state index contributed by atoms with van der Waals surface area (Å²) in [6.07, 6.45) is 1.19. The third kappa shape index (κ3) is 2.18. The summed E-state index contributed by atoms with van der Waals surface area (Å²) in [7, 11) is 3.58. The highest BCUT2D eigenvalue weighted by Crippen LogP contribution is 2.62. The van der Waals surface area contributed by atoms with E-state index in [-0.39, 0.29) is 40.5 Å². The number of hydrogen-bond donors (Lipinski definition) is 3. The molecule has 2 fully saturated rings. The molecule has 4 aliphatic rings. The van der Waals surface area contributed by atoms with Crippen LogP contribution in [0.2, 0.25) is 0 Å². The van der Waals surface area contributed by atoms with E-state index in [0.29, 0.717) is 24.0 Å². The minimum absolute atomic E-state index is 0.00693. The minimum Gasteiger partial charge on any atom is -0.510 e. The SMILES string of the molecule is C=C1OC12C(C(N)=O)=C(O)[C@@H](N(C)C)[C@@H]1C[C@@H]3Cc4ccccc4C(O)=C3C(=O)C12.